The first-order valence-electron chi connectivity index (χ1n) is 6.07. The van der Waals surface area contributed by atoms with Crippen molar-refractivity contribution in [2.24, 2.45) is 7.05 Å². The summed E-state index contributed by atoms with van der Waals surface area (Å²) in [4.78, 5) is 0. The van der Waals surface area contributed by atoms with Crippen LogP contribution in [0, 0.1) is 0 Å². The second-order valence-electron chi connectivity index (χ2n) is 4.26. The number of aryl methyl sites for hydroxylation is 3. The molecule has 0 saturated carbocycles. The molecule has 0 aliphatic heterocycles. The lowest BCUT2D eigenvalue weighted by Crippen LogP contribution is -1.98. The highest BCUT2D eigenvalue weighted by Crippen LogP contribution is 2.27. The van der Waals surface area contributed by atoms with Crippen LogP contribution in [-0.4, -0.2) is 9.78 Å². The van der Waals surface area contributed by atoms with E-state index in [4.69, 9.17) is 5.73 Å². The summed E-state index contributed by atoms with van der Waals surface area (Å²) in [5.41, 5.74) is 11.0. The van der Waals surface area contributed by atoms with Crippen molar-refractivity contribution >= 4 is 5.82 Å². The Morgan fingerprint density at radius 3 is 2.41 bits per heavy atom. The fourth-order valence-electron chi connectivity index (χ4n) is 2.14. The number of nitrogens with two attached hydrogens (primary N) is 1. The number of aromatic nitrogens is 2. The summed E-state index contributed by atoms with van der Waals surface area (Å²) in [5.74, 6) is 0.719. The van der Waals surface area contributed by atoms with Crippen LogP contribution in [0.15, 0.2) is 24.4 Å². The molecule has 17 heavy (non-hydrogen) atoms. The van der Waals surface area contributed by atoms with Crippen molar-refractivity contribution in [1.29, 1.82) is 0 Å². The molecule has 90 valence electrons. The molecule has 1 aromatic carbocycles. The van der Waals surface area contributed by atoms with Gasteiger partial charge in [0.1, 0.15) is 5.82 Å². The summed E-state index contributed by atoms with van der Waals surface area (Å²) >= 11 is 0. The largest absolute Gasteiger partial charge is 0.383 e. The van der Waals surface area contributed by atoms with Gasteiger partial charge in [0.15, 0.2) is 0 Å². The lowest BCUT2D eigenvalue weighted by atomic mass is 9.97. The van der Waals surface area contributed by atoms with E-state index < -0.39 is 0 Å². The first kappa shape index (κ1) is 11.7. The van der Waals surface area contributed by atoms with Gasteiger partial charge in [0.2, 0.25) is 0 Å². The van der Waals surface area contributed by atoms with Gasteiger partial charge in [-0.2, -0.15) is 5.10 Å². The molecule has 0 radical (unpaired) electrons. The fourth-order valence-corrected chi connectivity index (χ4v) is 2.14. The van der Waals surface area contributed by atoms with Crippen molar-refractivity contribution in [1.82, 2.24) is 9.78 Å². The number of benzene rings is 1. The van der Waals surface area contributed by atoms with Crippen LogP contribution in [0.5, 0.6) is 0 Å². The molecule has 3 heteroatoms. The summed E-state index contributed by atoms with van der Waals surface area (Å²) < 4.78 is 1.70. The lowest BCUT2D eigenvalue weighted by Gasteiger charge is -2.08. The Morgan fingerprint density at radius 2 is 1.88 bits per heavy atom. The molecule has 0 bridgehead atoms. The van der Waals surface area contributed by atoms with E-state index >= 15 is 0 Å². The van der Waals surface area contributed by atoms with Crippen molar-refractivity contribution < 1.29 is 0 Å². The van der Waals surface area contributed by atoms with Gasteiger partial charge in [-0.3, -0.25) is 4.68 Å². The van der Waals surface area contributed by atoms with Gasteiger partial charge in [-0.05, 0) is 29.5 Å². The highest BCUT2D eigenvalue weighted by atomic mass is 15.3. The minimum atomic E-state index is 0.719. The number of nitrogen functional groups attached to an aromatic ring is 1. The Labute approximate surface area is 102 Å². The van der Waals surface area contributed by atoms with Gasteiger partial charge in [0.25, 0.3) is 0 Å². The van der Waals surface area contributed by atoms with Crippen LogP contribution < -0.4 is 5.73 Å². The van der Waals surface area contributed by atoms with Gasteiger partial charge >= 0.3 is 0 Å². The van der Waals surface area contributed by atoms with E-state index in [0.717, 1.165) is 29.8 Å². The maximum absolute atomic E-state index is 6.00. The molecule has 0 unspecified atom stereocenters. The Hall–Kier alpha value is -1.77. The molecule has 3 nitrogen and oxygen atoms in total. The van der Waals surface area contributed by atoms with Crippen molar-refractivity contribution in [3.05, 3.63) is 35.5 Å². The predicted molar refractivity (Wildman–Crippen MR) is 71.8 cm³/mol. The summed E-state index contributed by atoms with van der Waals surface area (Å²) in [6.45, 7) is 4.37. The van der Waals surface area contributed by atoms with Crippen LogP contribution in [0.25, 0.3) is 11.1 Å². The van der Waals surface area contributed by atoms with E-state index in [9.17, 15) is 0 Å². The Bertz CT molecular complexity index is 526. The number of anilines is 1. The Kier molecular flexibility index (Phi) is 3.18. The van der Waals surface area contributed by atoms with Gasteiger partial charge in [0, 0.05) is 12.6 Å². The molecule has 2 rings (SSSR count). The van der Waals surface area contributed by atoms with Crippen LogP contribution in [0.1, 0.15) is 25.0 Å². The molecule has 2 aromatic rings. The molecule has 0 fully saturated rings. The highest BCUT2D eigenvalue weighted by molar-refractivity contribution is 5.74. The van der Waals surface area contributed by atoms with Crippen LogP contribution in [-0.2, 0) is 19.9 Å². The van der Waals surface area contributed by atoms with Crippen LogP contribution in [0.2, 0.25) is 0 Å². The topological polar surface area (TPSA) is 43.8 Å². The van der Waals surface area contributed by atoms with Crippen LogP contribution >= 0.6 is 0 Å². The summed E-state index contributed by atoms with van der Waals surface area (Å²) in [5, 5.41) is 4.18. The molecule has 0 atom stereocenters. The van der Waals surface area contributed by atoms with Gasteiger partial charge in [-0.25, -0.2) is 0 Å². The zero-order valence-corrected chi connectivity index (χ0v) is 10.7. The quantitative estimate of drug-likeness (QED) is 0.879. The van der Waals surface area contributed by atoms with Crippen molar-refractivity contribution in [3.63, 3.8) is 0 Å². The number of hydrogen-bond donors (Lipinski definition) is 1. The van der Waals surface area contributed by atoms with Gasteiger partial charge in [0.05, 0.1) is 6.20 Å². The smallest absolute Gasteiger partial charge is 0.129 e. The van der Waals surface area contributed by atoms with E-state index in [-0.39, 0.29) is 0 Å². The maximum Gasteiger partial charge on any atom is 0.129 e. The SMILES string of the molecule is CCc1ccc(-c2cnn(C)c2N)cc1CC. The van der Waals surface area contributed by atoms with E-state index in [2.05, 4.69) is 37.1 Å². The zero-order valence-electron chi connectivity index (χ0n) is 10.7. The van der Waals surface area contributed by atoms with Crippen molar-refractivity contribution in [3.8, 4) is 11.1 Å². The molecule has 0 aliphatic rings. The minimum absolute atomic E-state index is 0.719. The van der Waals surface area contributed by atoms with Crippen molar-refractivity contribution in [2.45, 2.75) is 26.7 Å². The fraction of sp³-hybridized carbons (Fsp3) is 0.357. The van der Waals surface area contributed by atoms with E-state index in [0.29, 0.717) is 0 Å². The summed E-state index contributed by atoms with van der Waals surface area (Å²) in [6, 6.07) is 6.55. The third-order valence-electron chi connectivity index (χ3n) is 3.26. The molecular formula is C14H19N3. The first-order chi connectivity index (χ1) is 8.17. The molecule has 1 heterocycles. The normalized spacial score (nSPS) is 10.8. The molecule has 0 aliphatic carbocycles. The zero-order chi connectivity index (χ0) is 12.4. The molecule has 0 amide bonds. The standard InChI is InChI=1S/C14H19N3/c1-4-10-6-7-12(8-11(10)5-2)13-9-16-17(3)14(13)15/h6-9H,4-5,15H2,1-3H3. The summed E-state index contributed by atoms with van der Waals surface area (Å²) in [6.07, 6.45) is 3.96. The highest BCUT2D eigenvalue weighted by Gasteiger charge is 2.09. The molecule has 2 N–H and O–H groups in total. The van der Waals surface area contributed by atoms with Crippen LogP contribution in [0.3, 0.4) is 0 Å². The average molecular weight is 229 g/mol. The average Bonchev–Trinajstić information content (AvgIpc) is 2.69. The van der Waals surface area contributed by atoms with Gasteiger partial charge in [-0.1, -0.05) is 32.0 Å². The number of nitrogens with zero attached hydrogens (tertiary/aromatic N) is 2. The monoisotopic (exact) mass is 229 g/mol. The van der Waals surface area contributed by atoms with Gasteiger partial charge in [-0.15, -0.1) is 0 Å². The second kappa shape index (κ2) is 4.62. The van der Waals surface area contributed by atoms with E-state index in [1.807, 2.05) is 13.2 Å². The first-order valence-corrected chi connectivity index (χ1v) is 6.07. The van der Waals surface area contributed by atoms with Crippen molar-refractivity contribution in [2.75, 3.05) is 5.73 Å². The molecule has 0 spiro atoms. The molecule has 0 saturated heterocycles. The molecule has 1 aromatic heterocycles. The van der Waals surface area contributed by atoms with Crippen LogP contribution in [0.4, 0.5) is 5.82 Å². The maximum atomic E-state index is 6.00. The second-order valence-corrected chi connectivity index (χ2v) is 4.26. The third kappa shape index (κ3) is 2.05. The van der Waals surface area contributed by atoms with E-state index in [1.165, 1.54) is 11.1 Å². The predicted octanol–water partition coefficient (Wildman–Crippen LogP) is 2.79. The van der Waals surface area contributed by atoms with E-state index in [1.54, 1.807) is 4.68 Å². The number of rotatable bonds is 3. The Morgan fingerprint density at radius 1 is 1.18 bits per heavy atom. The number of hydrogen-bond acceptors (Lipinski definition) is 2. The van der Waals surface area contributed by atoms with Gasteiger partial charge < -0.3 is 5.73 Å². The lowest BCUT2D eigenvalue weighted by molar-refractivity contribution is 0.779. The third-order valence-corrected chi connectivity index (χ3v) is 3.26. The minimum Gasteiger partial charge on any atom is -0.383 e. The Balaban J connectivity index is 2.50. The molecular weight excluding hydrogens is 210 g/mol. The summed E-state index contributed by atoms with van der Waals surface area (Å²) in [7, 11) is 1.86.